The lowest BCUT2D eigenvalue weighted by molar-refractivity contribution is 0.443. The lowest BCUT2D eigenvalue weighted by Crippen LogP contribution is -2.30. The highest BCUT2D eigenvalue weighted by Gasteiger charge is 2.28. The van der Waals surface area contributed by atoms with Crippen LogP contribution in [0.4, 0.5) is 0 Å². The van der Waals surface area contributed by atoms with Crippen LogP contribution >= 0.6 is 0 Å². The van der Waals surface area contributed by atoms with Crippen molar-refractivity contribution < 1.29 is 0 Å². The van der Waals surface area contributed by atoms with Gasteiger partial charge in [-0.05, 0) is 55.8 Å². The predicted octanol–water partition coefficient (Wildman–Crippen LogP) is 4.00. The molecule has 2 aromatic rings. The number of piperidine rings is 1. The number of rotatable bonds is 3. The molecule has 1 atom stereocenters. The van der Waals surface area contributed by atoms with Crippen LogP contribution in [0, 0.1) is 0 Å². The molecule has 1 saturated carbocycles. The van der Waals surface area contributed by atoms with Crippen molar-refractivity contribution in [2.75, 3.05) is 13.1 Å². The SMILES string of the molecule is c1ccc(-n2ncc(C3CCCC3)c2C2CCCNC2)cc1. The number of benzene rings is 1. The first-order valence-corrected chi connectivity index (χ1v) is 8.77. The molecule has 2 fully saturated rings. The summed E-state index contributed by atoms with van der Waals surface area (Å²) < 4.78 is 2.21. The van der Waals surface area contributed by atoms with Crippen LogP contribution in [0.5, 0.6) is 0 Å². The summed E-state index contributed by atoms with van der Waals surface area (Å²) in [5.41, 5.74) is 4.20. The summed E-state index contributed by atoms with van der Waals surface area (Å²) in [7, 11) is 0. The van der Waals surface area contributed by atoms with E-state index in [9.17, 15) is 0 Å². The van der Waals surface area contributed by atoms with Crippen molar-refractivity contribution in [3.63, 3.8) is 0 Å². The average molecular weight is 295 g/mol. The third-order valence-electron chi connectivity index (χ3n) is 5.32. The molecule has 1 aromatic heterocycles. The molecule has 0 spiro atoms. The second-order valence-corrected chi connectivity index (χ2v) is 6.76. The van der Waals surface area contributed by atoms with E-state index in [0.29, 0.717) is 5.92 Å². The third-order valence-corrected chi connectivity index (χ3v) is 5.32. The van der Waals surface area contributed by atoms with Gasteiger partial charge >= 0.3 is 0 Å². The van der Waals surface area contributed by atoms with Crippen molar-refractivity contribution in [3.05, 3.63) is 47.8 Å². The summed E-state index contributed by atoms with van der Waals surface area (Å²) in [6.45, 7) is 2.26. The highest BCUT2D eigenvalue weighted by atomic mass is 15.3. The van der Waals surface area contributed by atoms with E-state index in [2.05, 4.69) is 46.5 Å². The minimum atomic E-state index is 0.604. The summed E-state index contributed by atoms with van der Waals surface area (Å²) in [6.07, 6.45) is 10.2. The molecule has 1 unspecified atom stereocenters. The van der Waals surface area contributed by atoms with Crippen LogP contribution in [-0.2, 0) is 0 Å². The Bertz CT molecular complexity index is 605. The molecule has 2 heterocycles. The standard InChI is InChI=1S/C19H25N3/c1-2-10-17(11-3-1)22-19(16-9-6-12-20-13-16)18(14-21-22)15-7-4-5-8-15/h1-3,10-11,14-16,20H,4-9,12-13H2. The van der Waals surface area contributed by atoms with E-state index < -0.39 is 0 Å². The van der Waals surface area contributed by atoms with Gasteiger partial charge in [0, 0.05) is 12.5 Å². The minimum absolute atomic E-state index is 0.604. The van der Waals surface area contributed by atoms with E-state index in [1.165, 1.54) is 55.5 Å². The Kier molecular flexibility index (Phi) is 3.98. The monoisotopic (exact) mass is 295 g/mol. The molecule has 1 aliphatic heterocycles. The molecule has 2 aliphatic rings. The minimum Gasteiger partial charge on any atom is -0.316 e. The van der Waals surface area contributed by atoms with Gasteiger partial charge in [0.2, 0.25) is 0 Å². The lowest BCUT2D eigenvalue weighted by Gasteiger charge is -2.26. The Morgan fingerprint density at radius 3 is 2.45 bits per heavy atom. The van der Waals surface area contributed by atoms with Gasteiger partial charge in [-0.1, -0.05) is 31.0 Å². The Balaban J connectivity index is 1.77. The fourth-order valence-corrected chi connectivity index (χ4v) is 4.19. The Morgan fingerprint density at radius 1 is 0.955 bits per heavy atom. The quantitative estimate of drug-likeness (QED) is 0.927. The molecule has 0 radical (unpaired) electrons. The second kappa shape index (κ2) is 6.25. The molecule has 1 saturated heterocycles. The normalized spacial score (nSPS) is 23.0. The fraction of sp³-hybridized carbons (Fsp3) is 0.526. The Labute approximate surface area is 132 Å². The van der Waals surface area contributed by atoms with Crippen molar-refractivity contribution in [2.24, 2.45) is 0 Å². The molecule has 116 valence electrons. The van der Waals surface area contributed by atoms with Gasteiger partial charge in [-0.2, -0.15) is 5.10 Å². The van der Waals surface area contributed by atoms with Gasteiger partial charge in [0.1, 0.15) is 0 Å². The van der Waals surface area contributed by atoms with Crippen LogP contribution in [0.2, 0.25) is 0 Å². The van der Waals surface area contributed by atoms with Gasteiger partial charge in [0.15, 0.2) is 0 Å². The van der Waals surface area contributed by atoms with Crippen molar-refractivity contribution in [2.45, 2.75) is 50.4 Å². The average Bonchev–Trinajstić information content (AvgIpc) is 3.25. The van der Waals surface area contributed by atoms with E-state index in [-0.39, 0.29) is 0 Å². The second-order valence-electron chi connectivity index (χ2n) is 6.76. The first-order chi connectivity index (χ1) is 10.9. The molecule has 3 heteroatoms. The maximum Gasteiger partial charge on any atom is 0.0649 e. The fourth-order valence-electron chi connectivity index (χ4n) is 4.19. The topological polar surface area (TPSA) is 29.9 Å². The van der Waals surface area contributed by atoms with Gasteiger partial charge in [0.05, 0.1) is 17.6 Å². The van der Waals surface area contributed by atoms with Crippen LogP contribution in [0.15, 0.2) is 36.5 Å². The van der Waals surface area contributed by atoms with Crippen molar-refractivity contribution >= 4 is 0 Å². The Morgan fingerprint density at radius 2 is 1.73 bits per heavy atom. The first-order valence-electron chi connectivity index (χ1n) is 8.77. The van der Waals surface area contributed by atoms with Crippen LogP contribution in [0.1, 0.15) is 61.6 Å². The van der Waals surface area contributed by atoms with Crippen LogP contribution in [0.3, 0.4) is 0 Å². The maximum absolute atomic E-state index is 4.80. The number of para-hydroxylation sites is 1. The lowest BCUT2D eigenvalue weighted by atomic mass is 9.88. The van der Waals surface area contributed by atoms with Crippen molar-refractivity contribution in [3.8, 4) is 5.69 Å². The molecule has 22 heavy (non-hydrogen) atoms. The molecular weight excluding hydrogens is 270 g/mol. The summed E-state index contributed by atoms with van der Waals surface area (Å²) in [4.78, 5) is 0. The number of hydrogen-bond donors (Lipinski definition) is 1. The molecule has 0 amide bonds. The highest BCUT2D eigenvalue weighted by molar-refractivity contribution is 5.38. The molecule has 4 rings (SSSR count). The zero-order valence-corrected chi connectivity index (χ0v) is 13.2. The zero-order chi connectivity index (χ0) is 14.8. The largest absolute Gasteiger partial charge is 0.316 e. The molecule has 1 aliphatic carbocycles. The van der Waals surface area contributed by atoms with Crippen LogP contribution < -0.4 is 5.32 Å². The molecular formula is C19H25N3. The van der Waals surface area contributed by atoms with E-state index >= 15 is 0 Å². The van der Waals surface area contributed by atoms with Crippen molar-refractivity contribution in [1.82, 2.24) is 15.1 Å². The zero-order valence-electron chi connectivity index (χ0n) is 13.2. The van der Waals surface area contributed by atoms with Crippen LogP contribution in [-0.4, -0.2) is 22.9 Å². The van der Waals surface area contributed by atoms with Gasteiger partial charge in [-0.3, -0.25) is 0 Å². The third kappa shape index (κ3) is 2.58. The van der Waals surface area contributed by atoms with E-state index in [0.717, 1.165) is 19.0 Å². The van der Waals surface area contributed by atoms with Gasteiger partial charge < -0.3 is 5.32 Å². The van der Waals surface area contributed by atoms with Crippen molar-refractivity contribution in [1.29, 1.82) is 0 Å². The van der Waals surface area contributed by atoms with E-state index in [1.54, 1.807) is 0 Å². The van der Waals surface area contributed by atoms with Gasteiger partial charge in [-0.15, -0.1) is 0 Å². The van der Waals surface area contributed by atoms with Gasteiger partial charge in [0.25, 0.3) is 0 Å². The summed E-state index contributed by atoms with van der Waals surface area (Å²) >= 11 is 0. The number of hydrogen-bond acceptors (Lipinski definition) is 2. The summed E-state index contributed by atoms with van der Waals surface area (Å²) in [5, 5.41) is 8.37. The predicted molar refractivity (Wildman–Crippen MR) is 89.6 cm³/mol. The first kappa shape index (κ1) is 14.0. The van der Waals surface area contributed by atoms with Crippen LogP contribution in [0.25, 0.3) is 5.69 Å². The highest BCUT2D eigenvalue weighted by Crippen LogP contribution is 2.39. The molecule has 1 N–H and O–H groups in total. The Hall–Kier alpha value is -1.61. The number of nitrogens with one attached hydrogen (secondary N) is 1. The summed E-state index contributed by atoms with van der Waals surface area (Å²) in [5.74, 6) is 1.33. The maximum atomic E-state index is 4.80. The number of nitrogens with zero attached hydrogens (tertiary/aromatic N) is 2. The number of aromatic nitrogens is 2. The van der Waals surface area contributed by atoms with E-state index in [4.69, 9.17) is 5.10 Å². The molecule has 1 aromatic carbocycles. The smallest absolute Gasteiger partial charge is 0.0649 e. The molecule has 0 bridgehead atoms. The van der Waals surface area contributed by atoms with E-state index in [1.807, 2.05) is 0 Å². The summed E-state index contributed by atoms with van der Waals surface area (Å²) in [6, 6.07) is 10.6. The molecule has 3 nitrogen and oxygen atoms in total. The van der Waals surface area contributed by atoms with Gasteiger partial charge in [-0.25, -0.2) is 4.68 Å².